The van der Waals surface area contributed by atoms with Gasteiger partial charge in [0.05, 0.1) is 39.0 Å². The van der Waals surface area contributed by atoms with Crippen molar-refractivity contribution in [3.05, 3.63) is 98.2 Å². The first-order valence-corrected chi connectivity index (χ1v) is 14.6. The highest BCUT2D eigenvalue weighted by atomic mass is 16.6. The molecule has 0 aromatic heterocycles. The van der Waals surface area contributed by atoms with Crippen molar-refractivity contribution >= 4 is 28.8 Å². The third-order valence-electron chi connectivity index (χ3n) is 8.51. The number of nitrogens with zero attached hydrogens (tertiary/aromatic N) is 2. The summed E-state index contributed by atoms with van der Waals surface area (Å²) in [6.45, 7) is 5.75. The zero-order valence-corrected chi connectivity index (χ0v) is 26.9. The van der Waals surface area contributed by atoms with Crippen LogP contribution in [0.4, 0.5) is 11.4 Å². The Kier molecular flexibility index (Phi) is 8.53. The molecule has 2 aliphatic rings. The van der Waals surface area contributed by atoms with E-state index in [2.05, 4.69) is 0 Å². The Hall–Kier alpha value is -5.32. The monoisotopic (exact) mass is 627 g/mol. The van der Waals surface area contributed by atoms with Crippen LogP contribution < -0.4 is 23.8 Å². The summed E-state index contributed by atoms with van der Waals surface area (Å²) < 4.78 is 22.2. The fraction of sp³-hybridized carbons (Fsp3) is 0.314. The Balaban J connectivity index is 1.92. The minimum atomic E-state index is -0.919. The molecule has 0 fully saturated rings. The van der Waals surface area contributed by atoms with Crippen molar-refractivity contribution in [1.29, 1.82) is 5.41 Å². The summed E-state index contributed by atoms with van der Waals surface area (Å²) in [5, 5.41) is 33.7. The summed E-state index contributed by atoms with van der Waals surface area (Å²) in [4.78, 5) is 27.3. The number of hydrogen-bond donors (Lipinski definition) is 2. The maximum absolute atomic E-state index is 14.3. The van der Waals surface area contributed by atoms with Gasteiger partial charge in [0.1, 0.15) is 17.3 Å². The number of carbonyl (C=O) groups excluding carboxylic acids is 1. The zero-order chi connectivity index (χ0) is 33.5. The van der Waals surface area contributed by atoms with Gasteiger partial charge in [0.15, 0.2) is 17.3 Å². The highest BCUT2D eigenvalue weighted by molar-refractivity contribution is 6.20. The normalized spacial score (nSPS) is 18.6. The van der Waals surface area contributed by atoms with Crippen molar-refractivity contribution in [3.63, 3.8) is 0 Å². The lowest BCUT2D eigenvalue weighted by Gasteiger charge is -2.45. The van der Waals surface area contributed by atoms with Crippen LogP contribution in [0.3, 0.4) is 0 Å². The lowest BCUT2D eigenvalue weighted by atomic mass is 9.67. The predicted octanol–water partition coefficient (Wildman–Crippen LogP) is 7.13. The molecule has 5 rings (SSSR count). The molecule has 11 heteroatoms. The molecule has 0 bridgehead atoms. The third-order valence-corrected chi connectivity index (χ3v) is 8.51. The molecule has 0 saturated heterocycles. The Morgan fingerprint density at radius 1 is 0.957 bits per heavy atom. The molecule has 0 amide bonds. The van der Waals surface area contributed by atoms with Gasteiger partial charge in [-0.2, -0.15) is 0 Å². The van der Waals surface area contributed by atoms with Gasteiger partial charge in [-0.15, -0.1) is 0 Å². The molecule has 1 unspecified atom stereocenters. The number of aryl methyl sites for hydroxylation is 1. The van der Waals surface area contributed by atoms with Gasteiger partial charge in [-0.05, 0) is 66.3 Å². The van der Waals surface area contributed by atoms with E-state index in [0.29, 0.717) is 63.1 Å². The van der Waals surface area contributed by atoms with E-state index in [1.165, 1.54) is 40.6 Å². The maximum atomic E-state index is 14.3. The number of rotatable bonds is 8. The number of aliphatic hydroxyl groups excluding tert-OH is 1. The van der Waals surface area contributed by atoms with Gasteiger partial charge < -0.3 is 24.1 Å². The van der Waals surface area contributed by atoms with Gasteiger partial charge in [0, 0.05) is 46.9 Å². The fourth-order valence-corrected chi connectivity index (χ4v) is 6.34. The number of amidine groups is 1. The lowest BCUT2D eigenvalue weighted by Crippen LogP contribution is -2.45. The molecule has 46 heavy (non-hydrogen) atoms. The van der Waals surface area contributed by atoms with Crippen molar-refractivity contribution in [1.82, 2.24) is 0 Å². The number of ketones is 1. The van der Waals surface area contributed by atoms with Crippen LogP contribution >= 0.6 is 0 Å². The zero-order valence-electron chi connectivity index (χ0n) is 26.9. The molecule has 0 saturated carbocycles. The van der Waals surface area contributed by atoms with Crippen molar-refractivity contribution in [3.8, 4) is 23.0 Å². The second-order valence-corrected chi connectivity index (χ2v) is 12.1. The van der Waals surface area contributed by atoms with Crippen molar-refractivity contribution in [2.75, 3.05) is 33.3 Å². The number of non-ortho nitro benzene ring substituents is 1. The van der Waals surface area contributed by atoms with Gasteiger partial charge >= 0.3 is 0 Å². The van der Waals surface area contributed by atoms with Crippen LogP contribution in [0.15, 0.2) is 71.4 Å². The topological polar surface area (TPSA) is 144 Å². The summed E-state index contributed by atoms with van der Waals surface area (Å²) in [5.74, 6) is 0.170. The molecule has 1 atom stereocenters. The number of nitro groups is 1. The lowest BCUT2D eigenvalue weighted by molar-refractivity contribution is -0.384. The Morgan fingerprint density at radius 2 is 1.59 bits per heavy atom. The van der Waals surface area contributed by atoms with Crippen LogP contribution in [0.2, 0.25) is 0 Å². The fourth-order valence-electron chi connectivity index (χ4n) is 6.34. The quantitative estimate of drug-likeness (QED) is 0.151. The van der Waals surface area contributed by atoms with Crippen molar-refractivity contribution in [2.45, 2.75) is 39.5 Å². The standard InChI is InChI=1S/C35H37N3O8/c1-19-8-11-22(38(41)42)16-24(19)37-25-17-35(2,3)18-26(39)30(25)29(21-14-27(44-5)33(46-7)28(15-21)45-6)31(34(37)36)32(40)20-9-12-23(43-4)13-10-20/h8-16,29,36,40H,17-18H2,1-7H3. The first-order chi connectivity index (χ1) is 21.8. The number of nitro benzene ring substituents is 1. The number of hydrogen-bond acceptors (Lipinski definition) is 9. The van der Waals surface area contributed by atoms with Gasteiger partial charge in [0.25, 0.3) is 5.69 Å². The second-order valence-electron chi connectivity index (χ2n) is 12.1. The molecule has 3 aromatic carbocycles. The number of anilines is 1. The summed E-state index contributed by atoms with van der Waals surface area (Å²) in [6.07, 6.45) is 0.620. The average molecular weight is 628 g/mol. The van der Waals surface area contributed by atoms with Gasteiger partial charge in [0.2, 0.25) is 5.75 Å². The van der Waals surface area contributed by atoms with Crippen LogP contribution in [-0.2, 0) is 4.79 Å². The largest absolute Gasteiger partial charge is 0.507 e. The summed E-state index contributed by atoms with van der Waals surface area (Å²) in [5.41, 5.74) is 2.39. The minimum Gasteiger partial charge on any atom is -0.507 e. The molecule has 0 radical (unpaired) electrons. The second kappa shape index (κ2) is 12.2. The number of aliphatic hydroxyl groups is 1. The SMILES string of the molecule is COc1ccc(C(O)=C2C(=N)N(c3cc([N+](=O)[O-])ccc3C)C3=C(C(=O)CC(C)(C)C3)C2c2cc(OC)c(OC)c(OC)c2)cc1. The average Bonchev–Trinajstić information content (AvgIpc) is 3.03. The molecular weight excluding hydrogens is 590 g/mol. The third kappa shape index (κ3) is 5.53. The number of ether oxygens (including phenoxy) is 4. The number of allylic oxidation sites excluding steroid dienone is 2. The van der Waals surface area contributed by atoms with Crippen LogP contribution in [0.25, 0.3) is 5.76 Å². The highest BCUT2D eigenvalue weighted by Crippen LogP contribution is 2.53. The number of carbonyl (C=O) groups is 1. The van der Waals surface area contributed by atoms with E-state index < -0.39 is 16.3 Å². The minimum absolute atomic E-state index is 0.125. The van der Waals surface area contributed by atoms with Gasteiger partial charge in [-0.1, -0.05) is 19.9 Å². The van der Waals surface area contributed by atoms with Crippen molar-refractivity contribution < 1.29 is 33.8 Å². The van der Waals surface area contributed by atoms with E-state index in [9.17, 15) is 25.4 Å². The summed E-state index contributed by atoms with van der Waals surface area (Å²) in [6, 6.07) is 14.6. The number of Topliss-reactive ketones (excluding diaryl/α,β-unsaturated/α-hetero) is 1. The molecule has 1 aliphatic carbocycles. The molecule has 3 aromatic rings. The maximum Gasteiger partial charge on any atom is 0.271 e. The molecule has 240 valence electrons. The molecule has 2 N–H and O–H groups in total. The van der Waals surface area contributed by atoms with E-state index in [1.54, 1.807) is 54.3 Å². The van der Waals surface area contributed by atoms with E-state index in [1.807, 2.05) is 13.8 Å². The molecule has 1 aliphatic heterocycles. The smallest absolute Gasteiger partial charge is 0.271 e. The molecule has 0 spiro atoms. The number of nitrogens with one attached hydrogen (secondary N) is 1. The Bertz CT molecular complexity index is 1780. The van der Waals surface area contributed by atoms with E-state index in [-0.39, 0.29) is 35.1 Å². The Labute approximate surface area is 267 Å². The van der Waals surface area contributed by atoms with Crippen molar-refractivity contribution in [2.24, 2.45) is 5.41 Å². The highest BCUT2D eigenvalue weighted by Gasteiger charge is 2.47. The first-order valence-electron chi connectivity index (χ1n) is 14.6. The van der Waals surface area contributed by atoms with Crippen LogP contribution in [0.5, 0.6) is 23.0 Å². The van der Waals surface area contributed by atoms with E-state index in [0.717, 1.165) is 0 Å². The summed E-state index contributed by atoms with van der Waals surface area (Å²) >= 11 is 0. The summed E-state index contributed by atoms with van der Waals surface area (Å²) in [7, 11) is 6.00. The van der Waals surface area contributed by atoms with Crippen LogP contribution in [-0.4, -0.2) is 50.1 Å². The van der Waals surface area contributed by atoms with E-state index >= 15 is 0 Å². The first kappa shape index (κ1) is 32.1. The molecule has 1 heterocycles. The Morgan fingerprint density at radius 3 is 2.13 bits per heavy atom. The van der Waals surface area contributed by atoms with Gasteiger partial charge in [-0.25, -0.2) is 0 Å². The molecular formula is C35H37N3O8. The van der Waals surface area contributed by atoms with Crippen LogP contribution in [0, 0.1) is 27.9 Å². The molecule has 11 nitrogen and oxygen atoms in total. The van der Waals surface area contributed by atoms with E-state index in [4.69, 9.17) is 18.9 Å². The van der Waals surface area contributed by atoms with Gasteiger partial charge in [-0.3, -0.25) is 25.2 Å². The van der Waals surface area contributed by atoms with Crippen LogP contribution in [0.1, 0.15) is 49.3 Å². The predicted molar refractivity (Wildman–Crippen MR) is 174 cm³/mol. The number of benzene rings is 3. The number of methoxy groups -OCH3 is 4.